The summed E-state index contributed by atoms with van der Waals surface area (Å²) in [6.45, 7) is 0. The van der Waals surface area contributed by atoms with E-state index in [4.69, 9.17) is 0 Å². The van der Waals surface area contributed by atoms with Gasteiger partial charge in [0, 0.05) is 23.1 Å². The Morgan fingerprint density at radius 2 is 2.13 bits per heavy atom. The smallest absolute Gasteiger partial charge is 0.165 e. The highest BCUT2D eigenvalue weighted by Crippen LogP contribution is 2.29. The first-order valence-corrected chi connectivity index (χ1v) is 5.09. The SMILES string of the molecule is O=C1CCCc2[nH]c3c(F)cccc3c21. The fourth-order valence-electron chi connectivity index (χ4n) is 2.29. The molecule has 2 aromatic rings. The minimum Gasteiger partial charge on any atom is -0.355 e. The second kappa shape index (κ2) is 2.92. The number of rotatable bonds is 0. The number of fused-ring (bicyclic) bond motifs is 3. The molecule has 0 spiro atoms. The molecule has 0 saturated heterocycles. The van der Waals surface area contributed by atoms with Gasteiger partial charge in [-0.1, -0.05) is 12.1 Å². The first kappa shape index (κ1) is 8.65. The van der Waals surface area contributed by atoms with Gasteiger partial charge in [-0.3, -0.25) is 4.79 Å². The van der Waals surface area contributed by atoms with Gasteiger partial charge < -0.3 is 4.98 Å². The molecule has 1 aliphatic rings. The highest BCUT2D eigenvalue weighted by Gasteiger charge is 2.22. The second-order valence-electron chi connectivity index (χ2n) is 3.92. The lowest BCUT2D eigenvalue weighted by Crippen LogP contribution is -2.08. The van der Waals surface area contributed by atoms with Gasteiger partial charge in [0.1, 0.15) is 5.82 Å². The van der Waals surface area contributed by atoms with Crippen LogP contribution in [0.4, 0.5) is 4.39 Å². The molecule has 0 radical (unpaired) electrons. The molecule has 1 aromatic carbocycles. The predicted molar refractivity (Wildman–Crippen MR) is 55.5 cm³/mol. The van der Waals surface area contributed by atoms with Crippen LogP contribution in [0.1, 0.15) is 28.9 Å². The summed E-state index contributed by atoms with van der Waals surface area (Å²) in [4.78, 5) is 14.7. The molecule has 15 heavy (non-hydrogen) atoms. The number of aromatic nitrogens is 1. The molecular weight excluding hydrogens is 193 g/mol. The minimum absolute atomic E-state index is 0.133. The van der Waals surface area contributed by atoms with E-state index < -0.39 is 0 Å². The van der Waals surface area contributed by atoms with Gasteiger partial charge in [-0.05, 0) is 18.9 Å². The third-order valence-corrected chi connectivity index (χ3v) is 2.97. The Morgan fingerprint density at radius 1 is 1.27 bits per heavy atom. The van der Waals surface area contributed by atoms with E-state index in [-0.39, 0.29) is 11.6 Å². The van der Waals surface area contributed by atoms with Crippen LogP contribution < -0.4 is 0 Å². The Hall–Kier alpha value is -1.64. The number of hydrogen-bond acceptors (Lipinski definition) is 1. The largest absolute Gasteiger partial charge is 0.355 e. The molecule has 0 unspecified atom stereocenters. The Kier molecular flexibility index (Phi) is 1.69. The third kappa shape index (κ3) is 1.12. The molecule has 1 N–H and O–H groups in total. The zero-order chi connectivity index (χ0) is 10.4. The molecular formula is C12H10FNO. The van der Waals surface area contributed by atoms with Crippen molar-refractivity contribution in [2.75, 3.05) is 0 Å². The van der Waals surface area contributed by atoms with E-state index in [1.807, 2.05) is 0 Å². The van der Waals surface area contributed by atoms with Crippen molar-refractivity contribution in [3.8, 4) is 0 Å². The van der Waals surface area contributed by atoms with Gasteiger partial charge in [-0.15, -0.1) is 0 Å². The highest BCUT2D eigenvalue weighted by atomic mass is 19.1. The number of benzene rings is 1. The fraction of sp³-hybridized carbons (Fsp3) is 0.250. The summed E-state index contributed by atoms with van der Waals surface area (Å²) in [6.07, 6.45) is 2.28. The minimum atomic E-state index is -0.283. The molecule has 1 aromatic heterocycles. The maximum atomic E-state index is 13.5. The van der Waals surface area contributed by atoms with Gasteiger partial charge in [0.05, 0.1) is 5.52 Å². The molecule has 3 rings (SSSR count). The number of hydrogen-bond donors (Lipinski definition) is 1. The summed E-state index contributed by atoms with van der Waals surface area (Å²) in [5, 5.41) is 0.731. The fourth-order valence-corrected chi connectivity index (χ4v) is 2.29. The monoisotopic (exact) mass is 203 g/mol. The van der Waals surface area contributed by atoms with E-state index in [0.717, 1.165) is 23.9 Å². The van der Waals surface area contributed by atoms with E-state index in [1.54, 1.807) is 12.1 Å². The van der Waals surface area contributed by atoms with Crippen molar-refractivity contribution in [3.05, 3.63) is 35.3 Å². The Balaban J connectivity index is 2.41. The first-order valence-electron chi connectivity index (χ1n) is 5.09. The molecule has 3 heteroatoms. The molecule has 76 valence electrons. The van der Waals surface area contributed by atoms with Crippen molar-refractivity contribution in [2.24, 2.45) is 0 Å². The molecule has 2 nitrogen and oxygen atoms in total. The highest BCUT2D eigenvalue weighted by molar-refractivity contribution is 6.10. The van der Waals surface area contributed by atoms with E-state index in [2.05, 4.69) is 4.98 Å². The summed E-state index contributed by atoms with van der Waals surface area (Å²) in [6, 6.07) is 4.86. The average molecular weight is 203 g/mol. The van der Waals surface area contributed by atoms with E-state index in [1.165, 1.54) is 6.07 Å². The molecule has 0 atom stereocenters. The number of carbonyl (C=O) groups is 1. The number of para-hydroxylation sites is 1. The topological polar surface area (TPSA) is 32.9 Å². The number of carbonyl (C=O) groups excluding carboxylic acids is 1. The van der Waals surface area contributed by atoms with E-state index >= 15 is 0 Å². The zero-order valence-corrected chi connectivity index (χ0v) is 8.14. The van der Waals surface area contributed by atoms with Gasteiger partial charge in [0.2, 0.25) is 0 Å². The molecule has 1 aliphatic carbocycles. The lowest BCUT2D eigenvalue weighted by molar-refractivity contribution is 0.0974. The Bertz CT molecular complexity index is 556. The van der Waals surface area contributed by atoms with Crippen LogP contribution in [0.2, 0.25) is 0 Å². The van der Waals surface area contributed by atoms with Crippen LogP contribution >= 0.6 is 0 Å². The molecule has 0 aliphatic heterocycles. The summed E-state index contributed by atoms with van der Waals surface area (Å²) in [7, 11) is 0. The van der Waals surface area contributed by atoms with Crippen molar-refractivity contribution in [1.82, 2.24) is 4.98 Å². The van der Waals surface area contributed by atoms with Crippen LogP contribution in [0.5, 0.6) is 0 Å². The maximum absolute atomic E-state index is 13.5. The van der Waals surface area contributed by atoms with Crippen molar-refractivity contribution in [3.63, 3.8) is 0 Å². The quantitative estimate of drug-likeness (QED) is 0.701. The van der Waals surface area contributed by atoms with E-state index in [0.29, 0.717) is 17.5 Å². The first-order chi connectivity index (χ1) is 7.27. The average Bonchev–Trinajstić information content (AvgIpc) is 2.59. The lowest BCUT2D eigenvalue weighted by atomic mass is 9.94. The molecule has 0 saturated carbocycles. The number of Topliss-reactive ketones (excluding diaryl/α,β-unsaturated/α-hetero) is 1. The van der Waals surface area contributed by atoms with Gasteiger partial charge in [0.15, 0.2) is 5.78 Å². The number of nitrogens with one attached hydrogen (secondary N) is 1. The zero-order valence-electron chi connectivity index (χ0n) is 8.14. The van der Waals surface area contributed by atoms with Crippen molar-refractivity contribution < 1.29 is 9.18 Å². The van der Waals surface area contributed by atoms with Gasteiger partial charge in [0.25, 0.3) is 0 Å². The number of ketones is 1. The van der Waals surface area contributed by atoms with Gasteiger partial charge >= 0.3 is 0 Å². The molecule has 0 bridgehead atoms. The number of H-pyrrole nitrogens is 1. The van der Waals surface area contributed by atoms with Crippen LogP contribution in [0, 0.1) is 5.82 Å². The molecule has 0 fully saturated rings. The van der Waals surface area contributed by atoms with Gasteiger partial charge in [-0.25, -0.2) is 4.39 Å². The Labute approximate surface area is 86.1 Å². The molecule has 1 heterocycles. The van der Waals surface area contributed by atoms with Crippen LogP contribution in [-0.2, 0) is 6.42 Å². The van der Waals surface area contributed by atoms with Crippen molar-refractivity contribution in [2.45, 2.75) is 19.3 Å². The number of aryl methyl sites for hydroxylation is 1. The van der Waals surface area contributed by atoms with Crippen molar-refractivity contribution in [1.29, 1.82) is 0 Å². The normalized spacial score (nSPS) is 15.7. The Morgan fingerprint density at radius 3 is 3.00 bits per heavy atom. The second-order valence-corrected chi connectivity index (χ2v) is 3.92. The standard InChI is InChI=1S/C12H10FNO/c13-8-4-1-3-7-11-9(14-12(7)8)5-2-6-10(11)15/h1,3-4,14H,2,5-6H2. The van der Waals surface area contributed by atoms with Crippen molar-refractivity contribution >= 4 is 16.7 Å². The summed E-state index contributed by atoms with van der Waals surface area (Å²) in [5.74, 6) is -0.150. The van der Waals surface area contributed by atoms with Crippen LogP contribution in [0.3, 0.4) is 0 Å². The lowest BCUT2D eigenvalue weighted by Gasteiger charge is -2.09. The number of aromatic amines is 1. The van der Waals surface area contributed by atoms with E-state index in [9.17, 15) is 9.18 Å². The molecule has 0 amide bonds. The maximum Gasteiger partial charge on any atom is 0.165 e. The third-order valence-electron chi connectivity index (χ3n) is 2.97. The van der Waals surface area contributed by atoms with Crippen LogP contribution in [0.25, 0.3) is 10.9 Å². The summed E-state index contributed by atoms with van der Waals surface area (Å²) < 4.78 is 13.5. The van der Waals surface area contributed by atoms with Crippen LogP contribution in [0.15, 0.2) is 18.2 Å². The predicted octanol–water partition coefficient (Wildman–Crippen LogP) is 2.83. The number of halogens is 1. The van der Waals surface area contributed by atoms with Gasteiger partial charge in [-0.2, -0.15) is 0 Å². The summed E-state index contributed by atoms with van der Waals surface area (Å²) >= 11 is 0. The summed E-state index contributed by atoms with van der Waals surface area (Å²) in [5.41, 5.74) is 2.07. The van der Waals surface area contributed by atoms with Crippen LogP contribution in [-0.4, -0.2) is 10.8 Å².